The van der Waals surface area contributed by atoms with Crippen LogP contribution in [-0.2, 0) is 20.7 Å². The molecular weight excluding hydrogens is 470 g/mol. The van der Waals surface area contributed by atoms with Gasteiger partial charge in [-0.2, -0.15) is 13.2 Å². The fourth-order valence-electron chi connectivity index (χ4n) is 2.96. The second-order valence-corrected chi connectivity index (χ2v) is 7.86. The number of alkyl halides is 5. The smallest absolute Gasteiger partial charge is 0.446 e. The minimum atomic E-state index is -5.17. The van der Waals surface area contributed by atoms with Gasteiger partial charge in [0.15, 0.2) is 6.10 Å². The van der Waals surface area contributed by atoms with Crippen LogP contribution in [-0.4, -0.2) is 62.1 Å². The number of amides is 1. The molecule has 0 radical (unpaired) electrons. The predicted molar refractivity (Wildman–Crippen MR) is 120 cm³/mol. The number of nitrogens with two attached hydrogens (primary N) is 1. The van der Waals surface area contributed by atoms with Gasteiger partial charge in [0.05, 0.1) is 0 Å². The Kier molecular flexibility index (Phi) is 13.4. The first kappa shape index (κ1) is 28.3. The van der Waals surface area contributed by atoms with Gasteiger partial charge in [0, 0.05) is 37.1 Å². The highest BCUT2D eigenvalue weighted by atomic mass is 35.5. The molecule has 0 heterocycles. The molecule has 0 fully saturated rings. The van der Waals surface area contributed by atoms with Crippen LogP contribution in [0.2, 0.25) is 0 Å². The molecule has 3 N–H and O–H groups in total. The Balaban J connectivity index is 2.75. The van der Waals surface area contributed by atoms with Crippen molar-refractivity contribution in [2.75, 3.05) is 42.8 Å². The second-order valence-electron chi connectivity index (χ2n) is 7.10. The molecule has 6 nitrogen and oxygen atoms in total. The first-order valence-corrected chi connectivity index (χ1v) is 11.5. The molecule has 182 valence electrons. The van der Waals surface area contributed by atoms with Crippen LogP contribution in [0.3, 0.4) is 0 Å². The molecule has 0 aromatic heterocycles. The maximum Gasteiger partial charge on any atom is 0.490 e. The van der Waals surface area contributed by atoms with Crippen LogP contribution in [0.15, 0.2) is 24.3 Å². The van der Waals surface area contributed by atoms with Gasteiger partial charge in [-0.25, -0.2) is 4.79 Å². The van der Waals surface area contributed by atoms with Gasteiger partial charge in [-0.05, 0) is 49.9 Å². The number of nitrogens with zero attached hydrogens (tertiary/aromatic N) is 1. The van der Waals surface area contributed by atoms with Gasteiger partial charge in [0.25, 0.3) is 5.91 Å². The Morgan fingerprint density at radius 1 is 1.06 bits per heavy atom. The lowest BCUT2D eigenvalue weighted by atomic mass is 10.1. The van der Waals surface area contributed by atoms with Crippen molar-refractivity contribution in [3.63, 3.8) is 0 Å². The van der Waals surface area contributed by atoms with Crippen molar-refractivity contribution in [2.45, 2.75) is 44.4 Å². The highest BCUT2D eigenvalue weighted by Crippen LogP contribution is 2.20. The number of benzene rings is 1. The molecule has 0 spiro atoms. The molecular formula is C21H30Cl2F3N3O3. The van der Waals surface area contributed by atoms with Crippen LogP contribution in [0.5, 0.6) is 0 Å². The largest absolute Gasteiger partial charge is 0.490 e. The number of rotatable bonds is 15. The van der Waals surface area contributed by atoms with Crippen molar-refractivity contribution in [3.8, 4) is 0 Å². The summed E-state index contributed by atoms with van der Waals surface area (Å²) < 4.78 is 42.4. The Hall–Kier alpha value is -1.71. The third-order valence-corrected chi connectivity index (χ3v) is 5.00. The molecule has 0 saturated carbocycles. The number of hydrogen-bond donors (Lipinski definition) is 2. The number of hydrogen-bond acceptors (Lipinski definition) is 5. The normalized spacial score (nSPS) is 12.3. The van der Waals surface area contributed by atoms with Gasteiger partial charge in [-0.1, -0.05) is 18.6 Å². The lowest BCUT2D eigenvalue weighted by Gasteiger charge is -2.23. The fourth-order valence-corrected chi connectivity index (χ4v) is 3.36. The number of nitrogens with one attached hydrogen (secondary N) is 1. The van der Waals surface area contributed by atoms with E-state index in [1.165, 1.54) is 0 Å². The number of esters is 1. The minimum absolute atomic E-state index is 0.0805. The summed E-state index contributed by atoms with van der Waals surface area (Å²) in [5.41, 5.74) is 7.09. The maximum absolute atomic E-state index is 12.6. The van der Waals surface area contributed by atoms with E-state index < -0.39 is 24.2 Å². The number of halogens is 5. The van der Waals surface area contributed by atoms with Crippen LogP contribution < -0.4 is 16.0 Å². The van der Waals surface area contributed by atoms with Crippen LogP contribution in [0.1, 0.15) is 31.2 Å². The average molecular weight is 500 g/mol. The molecule has 1 atom stereocenters. The molecule has 32 heavy (non-hydrogen) atoms. The van der Waals surface area contributed by atoms with E-state index in [4.69, 9.17) is 28.9 Å². The highest BCUT2D eigenvalue weighted by molar-refractivity contribution is 6.18. The number of carbonyl (C=O) groups is 2. The van der Waals surface area contributed by atoms with Gasteiger partial charge < -0.3 is 20.7 Å². The van der Waals surface area contributed by atoms with Crippen LogP contribution in [0, 0.1) is 0 Å². The van der Waals surface area contributed by atoms with Crippen molar-refractivity contribution < 1.29 is 27.5 Å². The summed E-state index contributed by atoms with van der Waals surface area (Å²) in [6.07, 6.45) is -4.35. The van der Waals surface area contributed by atoms with Crippen molar-refractivity contribution >= 4 is 40.8 Å². The lowest BCUT2D eigenvalue weighted by molar-refractivity contribution is -0.205. The van der Waals surface area contributed by atoms with E-state index in [0.717, 1.165) is 24.1 Å². The van der Waals surface area contributed by atoms with Gasteiger partial charge in [0.2, 0.25) is 0 Å². The first-order valence-electron chi connectivity index (χ1n) is 10.4. The minimum Gasteiger partial charge on any atom is -0.446 e. The second kappa shape index (κ2) is 15.2. The van der Waals surface area contributed by atoms with Crippen LogP contribution in [0.4, 0.5) is 18.9 Å². The topological polar surface area (TPSA) is 84.7 Å². The van der Waals surface area contributed by atoms with Crippen molar-refractivity contribution in [3.05, 3.63) is 29.8 Å². The summed E-state index contributed by atoms with van der Waals surface area (Å²) in [4.78, 5) is 25.6. The highest BCUT2D eigenvalue weighted by Gasteiger charge is 2.43. The quantitative estimate of drug-likeness (QED) is 0.218. The standard InChI is InChI=1S/C21H30Cl2F3N3O3/c22-10-14-29(15-11-23)17-7-4-16(5-8-17)6-9-18(32-20(31)21(24,25)26)19(30)28-13-3-1-2-12-27/h4-5,7-8,18H,1-3,6,9-15,27H2,(H,28,30). The Morgan fingerprint density at radius 2 is 1.69 bits per heavy atom. The van der Waals surface area contributed by atoms with Crippen molar-refractivity contribution in [1.29, 1.82) is 0 Å². The Labute approximate surface area is 196 Å². The zero-order valence-corrected chi connectivity index (χ0v) is 19.3. The molecule has 1 amide bonds. The SMILES string of the molecule is NCCCCCNC(=O)C(CCc1ccc(N(CCCl)CCCl)cc1)OC(=O)C(F)(F)F. The molecule has 0 aliphatic rings. The monoisotopic (exact) mass is 499 g/mol. The molecule has 0 aliphatic heterocycles. The zero-order valence-electron chi connectivity index (χ0n) is 17.8. The van der Waals surface area contributed by atoms with E-state index in [0.29, 0.717) is 37.8 Å². The van der Waals surface area contributed by atoms with Crippen molar-refractivity contribution in [1.82, 2.24) is 5.32 Å². The molecule has 1 rings (SSSR count). The summed E-state index contributed by atoms with van der Waals surface area (Å²) in [7, 11) is 0. The summed E-state index contributed by atoms with van der Waals surface area (Å²) in [5.74, 6) is -2.25. The van der Waals surface area contributed by atoms with Crippen molar-refractivity contribution in [2.24, 2.45) is 5.73 Å². The van der Waals surface area contributed by atoms with Gasteiger partial charge in [-0.3, -0.25) is 4.79 Å². The number of unbranched alkanes of at least 4 members (excludes halogenated alkanes) is 2. The van der Waals surface area contributed by atoms with Gasteiger partial charge in [0.1, 0.15) is 0 Å². The summed E-state index contributed by atoms with van der Waals surface area (Å²) in [6.45, 7) is 2.03. The molecule has 0 saturated heterocycles. The van der Waals surface area contributed by atoms with E-state index in [1.807, 2.05) is 17.0 Å². The van der Waals surface area contributed by atoms with Crippen LogP contribution >= 0.6 is 23.2 Å². The Morgan fingerprint density at radius 3 is 2.22 bits per heavy atom. The molecule has 0 aliphatic carbocycles. The fraction of sp³-hybridized carbons (Fsp3) is 0.619. The summed E-state index contributed by atoms with van der Waals surface area (Å²) >= 11 is 11.6. The molecule has 1 aromatic carbocycles. The van der Waals surface area contributed by atoms with E-state index in [1.54, 1.807) is 12.1 Å². The number of anilines is 1. The molecule has 1 unspecified atom stereocenters. The van der Waals surface area contributed by atoms with Gasteiger partial charge in [-0.15, -0.1) is 23.2 Å². The van der Waals surface area contributed by atoms with E-state index >= 15 is 0 Å². The van der Waals surface area contributed by atoms with Crippen LogP contribution in [0.25, 0.3) is 0 Å². The zero-order chi connectivity index (χ0) is 24.0. The molecule has 11 heteroatoms. The molecule has 1 aromatic rings. The van der Waals surface area contributed by atoms with Gasteiger partial charge >= 0.3 is 12.1 Å². The maximum atomic E-state index is 12.6. The number of ether oxygens (including phenoxy) is 1. The third kappa shape index (κ3) is 10.7. The average Bonchev–Trinajstić information content (AvgIpc) is 2.75. The lowest BCUT2D eigenvalue weighted by Crippen LogP contribution is -2.41. The number of carbonyl (C=O) groups excluding carboxylic acids is 2. The summed E-state index contributed by atoms with van der Waals surface area (Å²) in [5, 5.41) is 2.53. The number of aryl methyl sites for hydroxylation is 1. The van der Waals surface area contributed by atoms with E-state index in [9.17, 15) is 22.8 Å². The Bertz CT molecular complexity index is 685. The van der Waals surface area contributed by atoms with E-state index in [2.05, 4.69) is 10.1 Å². The predicted octanol–water partition coefficient (Wildman–Crippen LogP) is 3.62. The van der Waals surface area contributed by atoms with E-state index in [-0.39, 0.29) is 19.4 Å². The molecule has 0 bridgehead atoms. The third-order valence-electron chi connectivity index (χ3n) is 4.66. The summed E-state index contributed by atoms with van der Waals surface area (Å²) in [6, 6.07) is 7.31. The first-order chi connectivity index (χ1) is 15.2.